The number of carbonyl (C=O) groups is 1. The molecule has 0 spiro atoms. The molecule has 1 heterocycles. The lowest BCUT2D eigenvalue weighted by atomic mass is 10.2. The van der Waals surface area contributed by atoms with Crippen molar-refractivity contribution in [1.29, 1.82) is 0 Å². The zero-order valence-corrected chi connectivity index (χ0v) is 9.60. The highest BCUT2D eigenvalue weighted by Crippen LogP contribution is 1.99. The fraction of sp³-hybridized carbons (Fsp3) is 0.500. The molecule has 1 aromatic rings. The van der Waals surface area contributed by atoms with E-state index in [4.69, 9.17) is 5.11 Å². The van der Waals surface area contributed by atoms with Crippen LogP contribution in [0.5, 0.6) is 0 Å². The molecule has 0 aromatic carbocycles. The molecule has 0 saturated heterocycles. The molecule has 3 heteroatoms. The maximum absolute atomic E-state index is 10.2. The van der Waals surface area contributed by atoms with Gasteiger partial charge in [-0.2, -0.15) is 0 Å². The van der Waals surface area contributed by atoms with Gasteiger partial charge in [-0.1, -0.05) is 26.8 Å². The second kappa shape index (κ2) is 7.97. The molecule has 15 heavy (non-hydrogen) atoms. The minimum atomic E-state index is -0.770. The summed E-state index contributed by atoms with van der Waals surface area (Å²) in [5.41, 5.74) is 0.968. The van der Waals surface area contributed by atoms with Gasteiger partial charge in [0.1, 0.15) is 0 Å². The number of carboxylic acid groups (broad SMARTS) is 1. The first-order valence-electron chi connectivity index (χ1n) is 5.13. The van der Waals surface area contributed by atoms with Gasteiger partial charge in [-0.05, 0) is 24.0 Å². The Morgan fingerprint density at radius 2 is 2.07 bits per heavy atom. The summed E-state index contributed by atoms with van der Waals surface area (Å²) in [5, 5.41) is 8.35. The van der Waals surface area contributed by atoms with Gasteiger partial charge >= 0.3 is 5.97 Å². The van der Waals surface area contributed by atoms with Crippen molar-refractivity contribution < 1.29 is 9.90 Å². The van der Waals surface area contributed by atoms with Crippen LogP contribution in [0.2, 0.25) is 0 Å². The predicted octanol–water partition coefficient (Wildman–Crippen LogP) is 2.76. The van der Waals surface area contributed by atoms with Crippen molar-refractivity contribution in [3.63, 3.8) is 0 Å². The Balaban J connectivity index is 0.000000423. The van der Waals surface area contributed by atoms with Gasteiger partial charge in [0, 0.05) is 18.8 Å². The summed E-state index contributed by atoms with van der Waals surface area (Å²) >= 11 is 0. The Kier molecular flexibility index (Phi) is 7.24. The van der Waals surface area contributed by atoms with Gasteiger partial charge < -0.3 is 5.11 Å². The molecule has 0 amide bonds. The summed E-state index contributed by atoms with van der Waals surface area (Å²) in [7, 11) is 0. The molecule has 0 aliphatic heterocycles. The summed E-state index contributed by atoms with van der Waals surface area (Å²) in [4.78, 5) is 14.0. The van der Waals surface area contributed by atoms with E-state index >= 15 is 0 Å². The summed E-state index contributed by atoms with van der Waals surface area (Å²) in [6, 6.07) is 3.67. The van der Waals surface area contributed by atoms with Crippen molar-refractivity contribution in [2.75, 3.05) is 0 Å². The number of pyridine rings is 1. The molecule has 0 fully saturated rings. The van der Waals surface area contributed by atoms with Crippen molar-refractivity contribution in [1.82, 2.24) is 4.98 Å². The fourth-order valence-electron chi connectivity index (χ4n) is 0.797. The van der Waals surface area contributed by atoms with Crippen molar-refractivity contribution in [2.45, 2.75) is 33.6 Å². The molecule has 1 rings (SSSR count). The van der Waals surface area contributed by atoms with Crippen LogP contribution in [-0.4, -0.2) is 16.1 Å². The molecule has 0 unspecified atom stereocenters. The molecule has 84 valence electrons. The van der Waals surface area contributed by atoms with Crippen LogP contribution >= 0.6 is 0 Å². The molecule has 0 saturated carbocycles. The van der Waals surface area contributed by atoms with Gasteiger partial charge in [0.15, 0.2) is 0 Å². The molecule has 1 aromatic heterocycles. The third-order valence-corrected chi connectivity index (χ3v) is 1.35. The van der Waals surface area contributed by atoms with Crippen LogP contribution in [0.3, 0.4) is 0 Å². The van der Waals surface area contributed by atoms with E-state index in [2.05, 4.69) is 25.8 Å². The van der Waals surface area contributed by atoms with E-state index in [0.717, 1.165) is 11.5 Å². The van der Waals surface area contributed by atoms with E-state index < -0.39 is 5.97 Å². The Hall–Kier alpha value is -1.38. The number of hydrogen-bond donors (Lipinski definition) is 1. The van der Waals surface area contributed by atoms with Crippen molar-refractivity contribution >= 4 is 5.97 Å². The quantitative estimate of drug-likeness (QED) is 0.832. The molecule has 3 nitrogen and oxygen atoms in total. The van der Waals surface area contributed by atoms with Crippen molar-refractivity contribution in [2.24, 2.45) is 5.92 Å². The third-order valence-electron chi connectivity index (χ3n) is 1.35. The van der Waals surface area contributed by atoms with Crippen LogP contribution < -0.4 is 0 Å². The van der Waals surface area contributed by atoms with Crippen LogP contribution in [0.25, 0.3) is 0 Å². The average Bonchev–Trinajstić information content (AvgIpc) is 2.15. The zero-order valence-electron chi connectivity index (χ0n) is 9.60. The second-order valence-corrected chi connectivity index (χ2v) is 3.99. The van der Waals surface area contributed by atoms with E-state index in [0.29, 0.717) is 6.42 Å². The standard InChI is InChI=1S/C8H9NO2.C4H10/c10-8(11)4-3-7-2-1-5-9-6-7;1-4(2)3/h1-2,5-6H,3-4H2,(H,10,11);4H,1-3H3. The van der Waals surface area contributed by atoms with Gasteiger partial charge in [-0.25, -0.2) is 0 Å². The number of carboxylic acids is 1. The zero-order chi connectivity index (χ0) is 11.7. The van der Waals surface area contributed by atoms with Gasteiger partial charge in [0.25, 0.3) is 0 Å². The molecular formula is C12H19NO2. The predicted molar refractivity (Wildman–Crippen MR) is 60.7 cm³/mol. The Morgan fingerprint density at radius 1 is 1.47 bits per heavy atom. The third kappa shape index (κ3) is 10.5. The average molecular weight is 209 g/mol. The van der Waals surface area contributed by atoms with Gasteiger partial charge in [0.2, 0.25) is 0 Å². The van der Waals surface area contributed by atoms with Crippen LogP contribution in [-0.2, 0) is 11.2 Å². The highest BCUT2D eigenvalue weighted by Gasteiger charge is 1.97. The van der Waals surface area contributed by atoms with Crippen LogP contribution in [0.1, 0.15) is 32.8 Å². The van der Waals surface area contributed by atoms with Gasteiger partial charge in [-0.15, -0.1) is 0 Å². The maximum atomic E-state index is 10.2. The smallest absolute Gasteiger partial charge is 0.303 e. The lowest BCUT2D eigenvalue weighted by molar-refractivity contribution is -0.136. The number of aryl methyl sites for hydroxylation is 1. The first-order chi connectivity index (χ1) is 7.02. The Bertz CT molecular complexity index is 267. The lowest BCUT2D eigenvalue weighted by Crippen LogP contribution is -1.97. The summed E-state index contributed by atoms with van der Waals surface area (Å²) in [6.07, 6.45) is 4.09. The minimum absolute atomic E-state index is 0.172. The van der Waals surface area contributed by atoms with Crippen LogP contribution in [0, 0.1) is 5.92 Å². The Labute approximate surface area is 91.2 Å². The largest absolute Gasteiger partial charge is 0.481 e. The summed E-state index contributed by atoms with van der Waals surface area (Å²) in [5.74, 6) is 0.0638. The monoisotopic (exact) mass is 209 g/mol. The van der Waals surface area contributed by atoms with Crippen molar-refractivity contribution in [3.8, 4) is 0 Å². The first-order valence-corrected chi connectivity index (χ1v) is 5.13. The number of nitrogens with zero attached hydrogens (tertiary/aromatic N) is 1. The minimum Gasteiger partial charge on any atom is -0.481 e. The van der Waals surface area contributed by atoms with E-state index in [1.54, 1.807) is 18.5 Å². The highest BCUT2D eigenvalue weighted by atomic mass is 16.4. The van der Waals surface area contributed by atoms with E-state index in [-0.39, 0.29) is 6.42 Å². The van der Waals surface area contributed by atoms with Gasteiger partial charge in [-0.3, -0.25) is 9.78 Å². The fourth-order valence-corrected chi connectivity index (χ4v) is 0.797. The normalized spacial score (nSPS) is 9.33. The first kappa shape index (κ1) is 13.6. The molecule has 1 N–H and O–H groups in total. The molecule has 0 aliphatic rings. The topological polar surface area (TPSA) is 50.2 Å². The summed E-state index contributed by atoms with van der Waals surface area (Å²) in [6.45, 7) is 6.50. The molecule has 0 aliphatic carbocycles. The van der Waals surface area contributed by atoms with Crippen LogP contribution in [0.15, 0.2) is 24.5 Å². The number of hydrogen-bond acceptors (Lipinski definition) is 2. The van der Waals surface area contributed by atoms with E-state index in [1.807, 2.05) is 6.07 Å². The molecular weight excluding hydrogens is 190 g/mol. The molecule has 0 bridgehead atoms. The number of aromatic nitrogens is 1. The molecule has 0 atom stereocenters. The van der Waals surface area contributed by atoms with Crippen molar-refractivity contribution in [3.05, 3.63) is 30.1 Å². The summed E-state index contributed by atoms with van der Waals surface area (Å²) < 4.78 is 0. The highest BCUT2D eigenvalue weighted by molar-refractivity contribution is 5.67. The van der Waals surface area contributed by atoms with E-state index in [9.17, 15) is 4.79 Å². The van der Waals surface area contributed by atoms with Crippen LogP contribution in [0.4, 0.5) is 0 Å². The molecule has 0 radical (unpaired) electrons. The van der Waals surface area contributed by atoms with E-state index in [1.165, 1.54) is 0 Å². The lowest BCUT2D eigenvalue weighted by Gasteiger charge is -1.94. The van der Waals surface area contributed by atoms with Gasteiger partial charge in [0.05, 0.1) is 0 Å². The SMILES string of the molecule is CC(C)C.O=C(O)CCc1cccnc1. The number of aliphatic carboxylic acids is 1. The maximum Gasteiger partial charge on any atom is 0.303 e. The Morgan fingerprint density at radius 3 is 2.47 bits per heavy atom. The second-order valence-electron chi connectivity index (χ2n) is 3.99. The number of rotatable bonds is 3.